The summed E-state index contributed by atoms with van der Waals surface area (Å²) < 4.78 is 5.22. The summed E-state index contributed by atoms with van der Waals surface area (Å²) in [5.74, 6) is 0.599. The van der Waals surface area contributed by atoms with Crippen LogP contribution in [0.3, 0.4) is 0 Å². The van der Waals surface area contributed by atoms with Gasteiger partial charge in [-0.2, -0.15) is 0 Å². The minimum Gasteiger partial charge on any atom is -0.360 e. The number of halogens is 1. The van der Waals surface area contributed by atoms with Gasteiger partial charge in [-0.1, -0.05) is 49.3 Å². The molecule has 0 fully saturated rings. The first-order valence-electron chi connectivity index (χ1n) is 5.36. The number of carbonyl (C=O) groups is 1. The number of aromatic nitrogens is 1. The molecule has 0 atom stereocenters. The van der Waals surface area contributed by atoms with Gasteiger partial charge in [0.05, 0.1) is 0 Å². The number of hydrogen-bond donors (Lipinski definition) is 0. The second-order valence-corrected chi connectivity index (χ2v) is 4.41. The van der Waals surface area contributed by atoms with E-state index in [1.54, 1.807) is 0 Å². The van der Waals surface area contributed by atoms with Crippen molar-refractivity contribution in [2.24, 2.45) is 0 Å². The Bertz CT molecular complexity index is 532. The summed E-state index contributed by atoms with van der Waals surface area (Å²) in [4.78, 5) is 11.5. The monoisotopic (exact) mass is 249 g/mol. The van der Waals surface area contributed by atoms with Crippen molar-refractivity contribution in [1.29, 1.82) is 0 Å². The number of carbonyl (C=O) groups excluding carboxylic acids is 1. The van der Waals surface area contributed by atoms with E-state index in [9.17, 15) is 4.79 Å². The number of nitrogens with zero attached hydrogens (tertiary/aromatic N) is 1. The van der Waals surface area contributed by atoms with E-state index in [2.05, 4.69) is 5.16 Å². The molecule has 1 heterocycles. The van der Waals surface area contributed by atoms with Crippen molar-refractivity contribution in [1.82, 2.24) is 5.16 Å². The summed E-state index contributed by atoms with van der Waals surface area (Å²) in [5.41, 5.74) is 1.70. The molecule has 0 aliphatic carbocycles. The van der Waals surface area contributed by atoms with Crippen molar-refractivity contribution in [2.45, 2.75) is 19.8 Å². The molecule has 0 spiro atoms. The van der Waals surface area contributed by atoms with Crippen molar-refractivity contribution < 1.29 is 9.32 Å². The molecule has 2 rings (SSSR count). The quantitative estimate of drug-likeness (QED) is 0.776. The van der Waals surface area contributed by atoms with E-state index >= 15 is 0 Å². The van der Waals surface area contributed by atoms with Gasteiger partial charge in [0, 0.05) is 11.5 Å². The average Bonchev–Trinajstić information content (AvgIpc) is 2.74. The van der Waals surface area contributed by atoms with Crippen molar-refractivity contribution in [3.05, 3.63) is 41.7 Å². The van der Waals surface area contributed by atoms with Crippen LogP contribution in [-0.4, -0.2) is 10.4 Å². The summed E-state index contributed by atoms with van der Waals surface area (Å²) in [6.07, 6.45) is 0. The van der Waals surface area contributed by atoms with Crippen LogP contribution >= 0.6 is 11.6 Å². The number of benzene rings is 1. The predicted octanol–water partition coefficient (Wildman–Crippen LogP) is 3.84. The lowest BCUT2D eigenvalue weighted by atomic mass is 10.0. The van der Waals surface area contributed by atoms with E-state index in [1.165, 1.54) is 0 Å². The Morgan fingerprint density at radius 3 is 2.47 bits per heavy atom. The molecule has 0 radical (unpaired) electrons. The first kappa shape index (κ1) is 11.9. The average molecular weight is 250 g/mol. The Morgan fingerprint density at radius 2 is 1.94 bits per heavy atom. The van der Waals surface area contributed by atoms with Crippen LogP contribution in [0.25, 0.3) is 11.3 Å². The van der Waals surface area contributed by atoms with Gasteiger partial charge in [-0.25, -0.2) is 0 Å². The summed E-state index contributed by atoms with van der Waals surface area (Å²) in [6, 6.07) is 9.38. The van der Waals surface area contributed by atoms with E-state index in [1.807, 2.05) is 44.2 Å². The zero-order valence-electron chi connectivity index (χ0n) is 9.61. The normalized spacial score (nSPS) is 10.8. The molecule has 1 aromatic carbocycles. The van der Waals surface area contributed by atoms with Crippen LogP contribution in [-0.2, 0) is 0 Å². The molecule has 4 heteroatoms. The third-order valence-corrected chi connectivity index (χ3v) is 2.68. The topological polar surface area (TPSA) is 43.1 Å². The third-order valence-electron chi connectivity index (χ3n) is 2.49. The highest BCUT2D eigenvalue weighted by molar-refractivity contribution is 6.68. The maximum absolute atomic E-state index is 11.5. The van der Waals surface area contributed by atoms with Gasteiger partial charge in [0.15, 0.2) is 5.76 Å². The highest BCUT2D eigenvalue weighted by Crippen LogP contribution is 2.30. The predicted molar refractivity (Wildman–Crippen MR) is 66.2 cm³/mol. The Hall–Kier alpha value is -1.61. The fourth-order valence-electron chi connectivity index (χ4n) is 1.68. The summed E-state index contributed by atoms with van der Waals surface area (Å²) in [7, 11) is 0. The van der Waals surface area contributed by atoms with Crippen LogP contribution in [0.2, 0.25) is 0 Å². The van der Waals surface area contributed by atoms with Gasteiger partial charge in [-0.05, 0) is 11.6 Å². The smallest absolute Gasteiger partial charge is 0.258 e. The second kappa shape index (κ2) is 4.72. The van der Waals surface area contributed by atoms with Gasteiger partial charge in [-0.3, -0.25) is 4.79 Å². The zero-order chi connectivity index (χ0) is 12.4. The molecular weight excluding hydrogens is 238 g/mol. The maximum Gasteiger partial charge on any atom is 0.258 e. The molecule has 0 saturated carbocycles. The SMILES string of the molecule is CC(C)c1onc(-c2ccccc2)c1C(=O)Cl. The highest BCUT2D eigenvalue weighted by Gasteiger charge is 2.24. The molecule has 0 bridgehead atoms. The lowest BCUT2D eigenvalue weighted by molar-refractivity contribution is 0.107. The summed E-state index contributed by atoms with van der Waals surface area (Å²) in [6.45, 7) is 3.86. The molecule has 17 heavy (non-hydrogen) atoms. The molecular formula is C13H12ClNO2. The molecule has 1 aromatic heterocycles. The van der Waals surface area contributed by atoms with Gasteiger partial charge in [-0.15, -0.1) is 0 Å². The van der Waals surface area contributed by atoms with E-state index in [0.717, 1.165) is 5.56 Å². The molecule has 0 amide bonds. The molecule has 88 valence electrons. The van der Waals surface area contributed by atoms with E-state index in [0.29, 0.717) is 17.0 Å². The molecule has 0 aliphatic rings. The molecule has 2 aromatic rings. The third kappa shape index (κ3) is 2.24. The van der Waals surface area contributed by atoms with Gasteiger partial charge in [0.25, 0.3) is 5.24 Å². The first-order valence-corrected chi connectivity index (χ1v) is 5.74. The van der Waals surface area contributed by atoms with Crippen LogP contribution in [0.4, 0.5) is 0 Å². The summed E-state index contributed by atoms with van der Waals surface area (Å²) in [5, 5.41) is 3.42. The van der Waals surface area contributed by atoms with Crippen molar-refractivity contribution >= 4 is 16.8 Å². The van der Waals surface area contributed by atoms with Crippen molar-refractivity contribution in [3.8, 4) is 11.3 Å². The van der Waals surface area contributed by atoms with E-state index in [4.69, 9.17) is 16.1 Å². The lowest BCUT2D eigenvalue weighted by Gasteiger charge is -2.01. The minimum atomic E-state index is -0.534. The van der Waals surface area contributed by atoms with Gasteiger partial charge in [0.2, 0.25) is 0 Å². The first-order chi connectivity index (χ1) is 8.11. The largest absolute Gasteiger partial charge is 0.360 e. The molecule has 3 nitrogen and oxygen atoms in total. The Kier molecular flexibility index (Phi) is 3.29. The maximum atomic E-state index is 11.5. The Balaban J connectivity index is 2.60. The summed E-state index contributed by atoms with van der Waals surface area (Å²) >= 11 is 5.61. The number of hydrogen-bond acceptors (Lipinski definition) is 3. The van der Waals surface area contributed by atoms with Crippen LogP contribution < -0.4 is 0 Å². The van der Waals surface area contributed by atoms with Crippen LogP contribution in [0.5, 0.6) is 0 Å². The van der Waals surface area contributed by atoms with Crippen molar-refractivity contribution in [3.63, 3.8) is 0 Å². The Labute approximate surface area is 104 Å². The van der Waals surface area contributed by atoms with Crippen LogP contribution in [0, 0.1) is 0 Å². The minimum absolute atomic E-state index is 0.0673. The Morgan fingerprint density at radius 1 is 1.29 bits per heavy atom. The fraction of sp³-hybridized carbons (Fsp3) is 0.231. The van der Waals surface area contributed by atoms with Crippen molar-refractivity contribution in [2.75, 3.05) is 0 Å². The van der Waals surface area contributed by atoms with Gasteiger partial charge >= 0.3 is 0 Å². The lowest BCUT2D eigenvalue weighted by Crippen LogP contribution is -1.97. The molecule has 0 saturated heterocycles. The number of rotatable bonds is 3. The van der Waals surface area contributed by atoms with Gasteiger partial charge < -0.3 is 4.52 Å². The van der Waals surface area contributed by atoms with Gasteiger partial charge in [0.1, 0.15) is 11.3 Å². The zero-order valence-corrected chi connectivity index (χ0v) is 10.4. The highest BCUT2D eigenvalue weighted by atomic mass is 35.5. The van der Waals surface area contributed by atoms with E-state index < -0.39 is 5.24 Å². The second-order valence-electron chi connectivity index (χ2n) is 4.06. The molecule has 0 unspecified atom stereocenters. The standard InChI is InChI=1S/C13H12ClNO2/c1-8(2)12-10(13(14)16)11(15-17-12)9-6-4-3-5-7-9/h3-8H,1-2H3. The fourth-order valence-corrected chi connectivity index (χ4v) is 1.86. The van der Waals surface area contributed by atoms with Crippen LogP contribution in [0.15, 0.2) is 34.9 Å². The van der Waals surface area contributed by atoms with Crippen LogP contribution in [0.1, 0.15) is 35.9 Å². The van der Waals surface area contributed by atoms with E-state index in [-0.39, 0.29) is 5.92 Å². The molecule has 0 aliphatic heterocycles. The molecule has 0 N–H and O–H groups in total.